The van der Waals surface area contributed by atoms with E-state index in [1.54, 1.807) is 24.6 Å². The Hall–Kier alpha value is -1.39. The maximum absolute atomic E-state index is 5.32. The van der Waals surface area contributed by atoms with E-state index in [2.05, 4.69) is 28.7 Å². The van der Waals surface area contributed by atoms with Gasteiger partial charge in [-0.25, -0.2) is 4.98 Å². The number of thiophene rings is 1. The molecule has 0 spiro atoms. The summed E-state index contributed by atoms with van der Waals surface area (Å²) < 4.78 is 5.32. The average Bonchev–Trinajstić information content (AvgIpc) is 2.78. The molecule has 0 fully saturated rings. The molecular formula is C13H16N2OS. The third-order valence-corrected chi connectivity index (χ3v) is 3.66. The second kappa shape index (κ2) is 5.29. The van der Waals surface area contributed by atoms with Gasteiger partial charge in [-0.3, -0.25) is 0 Å². The topological polar surface area (TPSA) is 34.2 Å². The van der Waals surface area contributed by atoms with Crippen molar-refractivity contribution in [2.45, 2.75) is 13.0 Å². The summed E-state index contributed by atoms with van der Waals surface area (Å²) in [5.41, 5.74) is 2.35. The zero-order valence-corrected chi connectivity index (χ0v) is 11.0. The summed E-state index contributed by atoms with van der Waals surface area (Å²) in [5, 5.41) is 5.43. The van der Waals surface area contributed by atoms with Crippen LogP contribution in [0.2, 0.25) is 0 Å². The van der Waals surface area contributed by atoms with Crippen LogP contribution in [0.3, 0.4) is 0 Å². The molecule has 17 heavy (non-hydrogen) atoms. The Morgan fingerprint density at radius 1 is 1.35 bits per heavy atom. The lowest BCUT2D eigenvalue weighted by Gasteiger charge is -2.18. The van der Waals surface area contributed by atoms with Crippen LogP contribution >= 0.6 is 11.3 Å². The maximum Gasteiger partial charge on any atom is 0.218 e. The number of nitrogens with zero attached hydrogens (tertiary/aromatic N) is 1. The first-order chi connectivity index (χ1) is 8.27. The average molecular weight is 248 g/mol. The highest BCUT2D eigenvalue weighted by atomic mass is 32.1. The van der Waals surface area contributed by atoms with E-state index in [4.69, 9.17) is 4.74 Å². The largest absolute Gasteiger partial charge is 0.481 e. The predicted octanol–water partition coefficient (Wildman–Crippen LogP) is 2.77. The zero-order chi connectivity index (χ0) is 12.3. The van der Waals surface area contributed by atoms with Crippen LogP contribution in [0.15, 0.2) is 29.8 Å². The molecule has 1 atom stereocenters. The number of aryl methyl sites for hydroxylation is 1. The van der Waals surface area contributed by atoms with Crippen molar-refractivity contribution in [3.8, 4) is 5.88 Å². The number of hydrogen-bond acceptors (Lipinski definition) is 4. The Morgan fingerprint density at radius 3 is 2.76 bits per heavy atom. The van der Waals surface area contributed by atoms with E-state index < -0.39 is 0 Å². The molecule has 2 aromatic rings. The van der Waals surface area contributed by atoms with Crippen molar-refractivity contribution in [2.24, 2.45) is 0 Å². The van der Waals surface area contributed by atoms with Gasteiger partial charge >= 0.3 is 0 Å². The van der Waals surface area contributed by atoms with E-state index in [9.17, 15) is 0 Å². The molecule has 0 saturated heterocycles. The van der Waals surface area contributed by atoms with Crippen molar-refractivity contribution >= 4 is 11.3 Å². The molecule has 0 bridgehead atoms. The van der Waals surface area contributed by atoms with Crippen molar-refractivity contribution in [1.82, 2.24) is 10.3 Å². The lowest BCUT2D eigenvalue weighted by atomic mass is 10.0. The lowest BCUT2D eigenvalue weighted by Crippen LogP contribution is -2.18. The monoisotopic (exact) mass is 248 g/mol. The molecule has 3 nitrogen and oxygen atoms in total. The number of aromatic nitrogens is 1. The molecule has 0 aliphatic rings. The molecule has 2 aromatic heterocycles. The Balaban J connectivity index is 2.46. The van der Waals surface area contributed by atoms with Gasteiger partial charge in [0.05, 0.1) is 13.2 Å². The van der Waals surface area contributed by atoms with Gasteiger partial charge < -0.3 is 10.1 Å². The van der Waals surface area contributed by atoms with Crippen LogP contribution in [0.4, 0.5) is 0 Å². The summed E-state index contributed by atoms with van der Waals surface area (Å²) >= 11 is 1.76. The minimum atomic E-state index is 0.130. The number of methoxy groups -OCH3 is 1. The Kier molecular flexibility index (Phi) is 3.76. The molecule has 2 heterocycles. The van der Waals surface area contributed by atoms with Crippen molar-refractivity contribution in [1.29, 1.82) is 0 Å². The number of nitrogens with one attached hydrogen (secondary N) is 1. The van der Waals surface area contributed by atoms with E-state index in [1.807, 2.05) is 19.2 Å². The van der Waals surface area contributed by atoms with E-state index in [-0.39, 0.29) is 6.04 Å². The minimum Gasteiger partial charge on any atom is -0.481 e. The third-order valence-electron chi connectivity index (χ3n) is 2.80. The summed E-state index contributed by atoms with van der Waals surface area (Å²) in [4.78, 5) is 5.56. The van der Waals surface area contributed by atoms with Crippen molar-refractivity contribution < 1.29 is 4.74 Å². The van der Waals surface area contributed by atoms with Gasteiger partial charge in [-0.05, 0) is 37.0 Å². The van der Waals surface area contributed by atoms with Crippen molar-refractivity contribution in [3.05, 3.63) is 45.8 Å². The van der Waals surface area contributed by atoms with Gasteiger partial charge in [-0.15, -0.1) is 11.3 Å². The highest BCUT2D eigenvalue weighted by Crippen LogP contribution is 2.31. The second-order valence-corrected chi connectivity index (χ2v) is 4.88. The standard InChI is InChI=1S/C13H16N2OS/c1-9-10(6-8-17-9)12(14-2)11-5-4-7-15-13(11)16-3/h4-8,12,14H,1-3H3. The molecule has 0 saturated carbocycles. The van der Waals surface area contributed by atoms with Crippen LogP contribution in [0.5, 0.6) is 5.88 Å². The predicted molar refractivity (Wildman–Crippen MR) is 70.7 cm³/mol. The fraction of sp³-hybridized carbons (Fsp3) is 0.308. The molecule has 0 amide bonds. The van der Waals surface area contributed by atoms with Gasteiger partial charge in [-0.2, -0.15) is 0 Å². The Morgan fingerprint density at radius 2 is 2.18 bits per heavy atom. The molecule has 90 valence electrons. The van der Waals surface area contributed by atoms with Crippen LogP contribution in [-0.2, 0) is 0 Å². The fourth-order valence-corrected chi connectivity index (χ4v) is 2.71. The highest BCUT2D eigenvalue weighted by molar-refractivity contribution is 7.10. The summed E-state index contributed by atoms with van der Waals surface area (Å²) in [5.74, 6) is 0.678. The third kappa shape index (κ3) is 2.33. The highest BCUT2D eigenvalue weighted by Gasteiger charge is 2.19. The van der Waals surface area contributed by atoms with Gasteiger partial charge in [-0.1, -0.05) is 6.07 Å². The minimum absolute atomic E-state index is 0.130. The molecule has 1 N–H and O–H groups in total. The first-order valence-corrected chi connectivity index (χ1v) is 6.36. The van der Waals surface area contributed by atoms with Crippen LogP contribution in [-0.4, -0.2) is 19.1 Å². The second-order valence-electron chi connectivity index (χ2n) is 3.76. The van der Waals surface area contributed by atoms with Gasteiger partial charge in [0.25, 0.3) is 0 Å². The number of ether oxygens (including phenoxy) is 1. The van der Waals surface area contributed by atoms with Gasteiger partial charge in [0, 0.05) is 16.6 Å². The van der Waals surface area contributed by atoms with Gasteiger partial charge in [0.2, 0.25) is 5.88 Å². The fourth-order valence-electron chi connectivity index (χ4n) is 1.97. The van der Waals surface area contributed by atoms with Crippen LogP contribution < -0.4 is 10.1 Å². The van der Waals surface area contributed by atoms with Crippen molar-refractivity contribution in [2.75, 3.05) is 14.2 Å². The first kappa shape index (κ1) is 12.1. The van der Waals surface area contributed by atoms with Crippen molar-refractivity contribution in [3.63, 3.8) is 0 Å². The summed E-state index contributed by atoms with van der Waals surface area (Å²) in [6.07, 6.45) is 1.75. The molecule has 0 aromatic carbocycles. The number of pyridine rings is 1. The maximum atomic E-state index is 5.32. The van der Waals surface area contributed by atoms with E-state index in [0.717, 1.165) is 5.56 Å². The van der Waals surface area contributed by atoms with Gasteiger partial charge in [0.15, 0.2) is 0 Å². The molecule has 1 unspecified atom stereocenters. The molecule has 0 radical (unpaired) electrons. The quantitative estimate of drug-likeness (QED) is 0.903. The molecule has 0 aliphatic heterocycles. The van der Waals surface area contributed by atoms with Crippen LogP contribution in [0, 0.1) is 6.92 Å². The van der Waals surface area contributed by atoms with E-state index in [1.165, 1.54) is 10.4 Å². The SMILES string of the molecule is CNC(c1cccnc1OC)c1ccsc1C. The zero-order valence-electron chi connectivity index (χ0n) is 10.2. The summed E-state index contributed by atoms with van der Waals surface area (Å²) in [6, 6.07) is 6.26. The first-order valence-electron chi connectivity index (χ1n) is 5.48. The van der Waals surface area contributed by atoms with E-state index in [0.29, 0.717) is 5.88 Å². The summed E-state index contributed by atoms with van der Waals surface area (Å²) in [7, 11) is 3.60. The van der Waals surface area contributed by atoms with Crippen LogP contribution in [0.1, 0.15) is 22.0 Å². The smallest absolute Gasteiger partial charge is 0.218 e. The number of hydrogen-bond donors (Lipinski definition) is 1. The Labute approximate surface area is 105 Å². The molecule has 4 heteroatoms. The lowest BCUT2D eigenvalue weighted by molar-refractivity contribution is 0.388. The normalized spacial score (nSPS) is 12.4. The molecular weight excluding hydrogens is 232 g/mol. The summed E-state index contributed by atoms with van der Waals surface area (Å²) in [6.45, 7) is 2.13. The van der Waals surface area contributed by atoms with E-state index >= 15 is 0 Å². The van der Waals surface area contributed by atoms with Crippen LogP contribution in [0.25, 0.3) is 0 Å². The molecule has 2 rings (SSSR count). The molecule has 0 aliphatic carbocycles. The number of rotatable bonds is 4. The van der Waals surface area contributed by atoms with Gasteiger partial charge in [0.1, 0.15) is 0 Å². The Bertz CT molecular complexity index is 496.